The third kappa shape index (κ3) is 2.71. The summed E-state index contributed by atoms with van der Waals surface area (Å²) in [5.41, 5.74) is 2.59. The zero-order chi connectivity index (χ0) is 12.6. The largest absolute Gasteiger partial charge is 0.481 e. The quantitative estimate of drug-likeness (QED) is 0.921. The Hall–Kier alpha value is -0.830. The average molecular weight is 297 g/mol. The highest BCUT2D eigenvalue weighted by Crippen LogP contribution is 2.45. The van der Waals surface area contributed by atoms with Gasteiger partial charge in [-0.15, -0.1) is 0 Å². The SMILES string of the molecule is Cc1c(Br)cccc1CC(C)C1CC1C(=O)O. The lowest BCUT2D eigenvalue weighted by Crippen LogP contribution is -2.09. The zero-order valence-corrected chi connectivity index (χ0v) is 11.7. The summed E-state index contributed by atoms with van der Waals surface area (Å²) in [5.74, 6) is 0.0836. The molecule has 3 heteroatoms. The average Bonchev–Trinajstić information content (AvgIpc) is 3.04. The van der Waals surface area contributed by atoms with E-state index in [-0.39, 0.29) is 5.92 Å². The van der Waals surface area contributed by atoms with Crippen LogP contribution >= 0.6 is 15.9 Å². The van der Waals surface area contributed by atoms with Crippen molar-refractivity contribution in [1.82, 2.24) is 0 Å². The molecule has 3 atom stereocenters. The van der Waals surface area contributed by atoms with Crippen LogP contribution in [0.4, 0.5) is 0 Å². The van der Waals surface area contributed by atoms with E-state index in [2.05, 4.69) is 35.8 Å². The maximum absolute atomic E-state index is 10.8. The van der Waals surface area contributed by atoms with Gasteiger partial charge in [0.25, 0.3) is 0 Å². The van der Waals surface area contributed by atoms with E-state index in [0.29, 0.717) is 11.8 Å². The van der Waals surface area contributed by atoms with E-state index in [1.54, 1.807) is 0 Å². The van der Waals surface area contributed by atoms with Crippen molar-refractivity contribution < 1.29 is 9.90 Å². The van der Waals surface area contributed by atoms with Crippen LogP contribution in [-0.2, 0) is 11.2 Å². The molecular formula is C14H17BrO2. The van der Waals surface area contributed by atoms with Crippen molar-refractivity contribution in [1.29, 1.82) is 0 Å². The van der Waals surface area contributed by atoms with Crippen molar-refractivity contribution in [3.63, 3.8) is 0 Å². The molecule has 1 aromatic rings. The lowest BCUT2D eigenvalue weighted by atomic mass is 9.93. The first-order valence-electron chi connectivity index (χ1n) is 5.97. The molecule has 1 aliphatic carbocycles. The van der Waals surface area contributed by atoms with Gasteiger partial charge < -0.3 is 5.11 Å². The highest BCUT2D eigenvalue weighted by atomic mass is 79.9. The van der Waals surface area contributed by atoms with Gasteiger partial charge in [-0.2, -0.15) is 0 Å². The predicted molar refractivity (Wildman–Crippen MR) is 71.0 cm³/mol. The van der Waals surface area contributed by atoms with Gasteiger partial charge in [0.15, 0.2) is 0 Å². The maximum Gasteiger partial charge on any atom is 0.306 e. The number of carboxylic acid groups (broad SMARTS) is 1. The van der Waals surface area contributed by atoms with Gasteiger partial charge in [-0.3, -0.25) is 4.79 Å². The second-order valence-electron chi connectivity index (χ2n) is 5.05. The zero-order valence-electron chi connectivity index (χ0n) is 10.1. The van der Waals surface area contributed by atoms with Crippen LogP contribution in [0.1, 0.15) is 24.5 Å². The summed E-state index contributed by atoms with van der Waals surface area (Å²) in [6, 6.07) is 6.22. The van der Waals surface area contributed by atoms with Crippen LogP contribution in [0.25, 0.3) is 0 Å². The van der Waals surface area contributed by atoms with E-state index in [0.717, 1.165) is 17.3 Å². The summed E-state index contributed by atoms with van der Waals surface area (Å²) in [7, 11) is 0. The molecule has 92 valence electrons. The highest BCUT2D eigenvalue weighted by Gasteiger charge is 2.46. The van der Waals surface area contributed by atoms with Gasteiger partial charge in [0, 0.05) is 4.47 Å². The number of hydrogen-bond donors (Lipinski definition) is 1. The lowest BCUT2D eigenvalue weighted by molar-refractivity contribution is -0.139. The normalized spacial score (nSPS) is 24.4. The third-order valence-corrected chi connectivity index (χ3v) is 4.67. The van der Waals surface area contributed by atoms with Crippen LogP contribution in [0, 0.1) is 24.7 Å². The molecule has 0 aromatic heterocycles. The summed E-state index contributed by atoms with van der Waals surface area (Å²) >= 11 is 3.53. The molecule has 1 N–H and O–H groups in total. The topological polar surface area (TPSA) is 37.3 Å². The molecule has 0 radical (unpaired) electrons. The van der Waals surface area contributed by atoms with Crippen LogP contribution in [0.5, 0.6) is 0 Å². The van der Waals surface area contributed by atoms with Gasteiger partial charge in [-0.1, -0.05) is 35.0 Å². The fourth-order valence-electron chi connectivity index (χ4n) is 2.50. The molecule has 0 spiro atoms. The Labute approximate surface area is 110 Å². The van der Waals surface area contributed by atoms with E-state index in [1.807, 2.05) is 12.1 Å². The molecule has 2 rings (SSSR count). The molecule has 0 aliphatic heterocycles. The second-order valence-corrected chi connectivity index (χ2v) is 5.90. The third-order valence-electron chi connectivity index (χ3n) is 3.81. The van der Waals surface area contributed by atoms with Crippen LogP contribution in [0.3, 0.4) is 0 Å². The Morgan fingerprint density at radius 1 is 1.59 bits per heavy atom. The number of rotatable bonds is 4. The predicted octanol–water partition coefficient (Wildman–Crippen LogP) is 3.66. The van der Waals surface area contributed by atoms with E-state index in [4.69, 9.17) is 5.11 Å². The number of benzene rings is 1. The first kappa shape index (κ1) is 12.6. The van der Waals surface area contributed by atoms with Gasteiger partial charge in [-0.25, -0.2) is 0 Å². The molecule has 0 saturated heterocycles. The van der Waals surface area contributed by atoms with E-state index < -0.39 is 5.97 Å². The molecule has 3 unspecified atom stereocenters. The highest BCUT2D eigenvalue weighted by molar-refractivity contribution is 9.10. The first-order valence-corrected chi connectivity index (χ1v) is 6.76. The van der Waals surface area contributed by atoms with Crippen molar-refractivity contribution in [2.75, 3.05) is 0 Å². The molecule has 2 nitrogen and oxygen atoms in total. The summed E-state index contributed by atoms with van der Waals surface area (Å²) < 4.78 is 1.13. The maximum atomic E-state index is 10.8. The smallest absolute Gasteiger partial charge is 0.306 e. The Kier molecular flexibility index (Phi) is 3.57. The van der Waals surface area contributed by atoms with Crippen LogP contribution in [-0.4, -0.2) is 11.1 Å². The number of carboxylic acids is 1. The molecule has 0 heterocycles. The Morgan fingerprint density at radius 3 is 2.88 bits per heavy atom. The van der Waals surface area contributed by atoms with Crippen molar-refractivity contribution in [2.45, 2.75) is 26.7 Å². The molecule has 1 fully saturated rings. The minimum Gasteiger partial charge on any atom is -0.481 e. The molecule has 0 amide bonds. The van der Waals surface area contributed by atoms with Crippen LogP contribution < -0.4 is 0 Å². The van der Waals surface area contributed by atoms with Crippen molar-refractivity contribution in [3.05, 3.63) is 33.8 Å². The molecule has 17 heavy (non-hydrogen) atoms. The summed E-state index contributed by atoms with van der Waals surface area (Å²) in [5, 5.41) is 8.93. The molecule has 1 aromatic carbocycles. The minimum atomic E-state index is -0.632. The fraction of sp³-hybridized carbons (Fsp3) is 0.500. The number of halogens is 1. The summed E-state index contributed by atoms with van der Waals surface area (Å²) in [6.45, 7) is 4.27. The Morgan fingerprint density at radius 2 is 2.29 bits per heavy atom. The van der Waals surface area contributed by atoms with Crippen LogP contribution in [0.2, 0.25) is 0 Å². The second kappa shape index (κ2) is 4.81. The van der Waals surface area contributed by atoms with Crippen LogP contribution in [0.15, 0.2) is 22.7 Å². The van der Waals surface area contributed by atoms with E-state index >= 15 is 0 Å². The monoisotopic (exact) mass is 296 g/mol. The first-order chi connectivity index (χ1) is 8.00. The Bertz CT molecular complexity index is 442. The lowest BCUT2D eigenvalue weighted by Gasteiger charge is -2.13. The van der Waals surface area contributed by atoms with Gasteiger partial charge in [0.05, 0.1) is 5.92 Å². The summed E-state index contributed by atoms with van der Waals surface area (Å²) in [4.78, 5) is 10.8. The minimum absolute atomic E-state index is 0.0996. The standard InChI is InChI=1S/C14H17BrO2/c1-8(11-7-12(11)14(16)17)6-10-4-3-5-13(15)9(10)2/h3-5,8,11-12H,6-7H2,1-2H3,(H,16,17). The van der Waals surface area contributed by atoms with E-state index in [1.165, 1.54) is 11.1 Å². The molecular weight excluding hydrogens is 280 g/mol. The number of hydrogen-bond acceptors (Lipinski definition) is 1. The van der Waals surface area contributed by atoms with E-state index in [9.17, 15) is 4.79 Å². The van der Waals surface area contributed by atoms with Gasteiger partial charge >= 0.3 is 5.97 Å². The number of aliphatic carboxylic acids is 1. The molecule has 1 saturated carbocycles. The van der Waals surface area contributed by atoms with Crippen molar-refractivity contribution in [3.8, 4) is 0 Å². The summed E-state index contributed by atoms with van der Waals surface area (Å²) in [6.07, 6.45) is 1.82. The molecule has 1 aliphatic rings. The van der Waals surface area contributed by atoms with Gasteiger partial charge in [0.2, 0.25) is 0 Å². The van der Waals surface area contributed by atoms with Gasteiger partial charge in [-0.05, 0) is 48.8 Å². The Balaban J connectivity index is 2.02. The van der Waals surface area contributed by atoms with Crippen molar-refractivity contribution in [2.24, 2.45) is 17.8 Å². The molecule has 0 bridgehead atoms. The fourth-order valence-corrected chi connectivity index (χ4v) is 2.91. The van der Waals surface area contributed by atoms with Gasteiger partial charge in [0.1, 0.15) is 0 Å². The van der Waals surface area contributed by atoms with Crippen molar-refractivity contribution >= 4 is 21.9 Å². The number of carbonyl (C=O) groups is 1.